The molecule has 0 fully saturated rings. The first kappa shape index (κ1) is 17.5. The minimum Gasteiger partial charge on any atom is -0.465 e. The Bertz CT molecular complexity index is 946. The second kappa shape index (κ2) is 6.92. The number of hydrogen-bond donors (Lipinski definition) is 0. The molecular formula is C20H15F2NO3. The molecule has 0 aromatic heterocycles. The van der Waals surface area contributed by atoms with Gasteiger partial charge in [0, 0.05) is 16.9 Å². The van der Waals surface area contributed by atoms with Gasteiger partial charge in [-0.3, -0.25) is 9.69 Å². The molecule has 4 nitrogen and oxygen atoms in total. The predicted octanol–water partition coefficient (Wildman–Crippen LogP) is 3.84. The number of ether oxygens (including phenoxy) is 1. The van der Waals surface area contributed by atoms with Crippen molar-refractivity contribution in [2.75, 3.05) is 12.0 Å². The number of benzene rings is 2. The molecule has 1 aliphatic rings. The Labute approximate surface area is 149 Å². The van der Waals surface area contributed by atoms with Gasteiger partial charge in [-0.15, -0.1) is 0 Å². The summed E-state index contributed by atoms with van der Waals surface area (Å²) < 4.78 is 32.0. The minimum atomic E-state index is -0.706. The number of allylic oxidation sites excluding steroid dienone is 1. The number of halogens is 2. The molecule has 0 atom stereocenters. The van der Waals surface area contributed by atoms with Crippen molar-refractivity contribution in [3.05, 3.63) is 82.6 Å². The third-order valence-electron chi connectivity index (χ3n) is 4.08. The molecule has 0 bridgehead atoms. The number of amides is 1. The maximum absolute atomic E-state index is 14.0. The zero-order valence-corrected chi connectivity index (χ0v) is 14.1. The normalized spacial score (nSPS) is 15.8. The smallest absolute Gasteiger partial charge is 0.340 e. The van der Waals surface area contributed by atoms with Crippen molar-refractivity contribution >= 4 is 23.6 Å². The van der Waals surface area contributed by atoms with Crippen molar-refractivity contribution in [3.63, 3.8) is 0 Å². The van der Waals surface area contributed by atoms with Crippen molar-refractivity contribution in [1.29, 1.82) is 0 Å². The fraction of sp³-hybridized carbons (Fsp3) is 0.100. The molecule has 0 saturated carbocycles. The van der Waals surface area contributed by atoms with Crippen LogP contribution < -0.4 is 4.90 Å². The second-order valence-corrected chi connectivity index (χ2v) is 5.65. The Balaban J connectivity index is 2.15. The van der Waals surface area contributed by atoms with Crippen molar-refractivity contribution in [2.45, 2.75) is 6.92 Å². The zero-order chi connectivity index (χ0) is 18.8. The molecule has 2 aromatic rings. The summed E-state index contributed by atoms with van der Waals surface area (Å²) in [5.74, 6) is -2.19. The molecule has 0 radical (unpaired) electrons. The fourth-order valence-electron chi connectivity index (χ4n) is 2.83. The monoisotopic (exact) mass is 355 g/mol. The van der Waals surface area contributed by atoms with Gasteiger partial charge in [-0.05, 0) is 43.3 Å². The van der Waals surface area contributed by atoms with E-state index in [4.69, 9.17) is 4.74 Å². The van der Waals surface area contributed by atoms with Crippen LogP contribution in [-0.4, -0.2) is 19.0 Å². The summed E-state index contributed by atoms with van der Waals surface area (Å²) in [6.45, 7) is 1.58. The summed E-state index contributed by atoms with van der Waals surface area (Å²) in [5.41, 5.74) is 0.961. The molecule has 0 saturated heterocycles. The van der Waals surface area contributed by atoms with E-state index in [1.165, 1.54) is 60.6 Å². The first-order valence-corrected chi connectivity index (χ1v) is 7.80. The lowest BCUT2D eigenvalue weighted by molar-refractivity contribution is -0.136. The Kier molecular flexibility index (Phi) is 4.67. The molecule has 26 heavy (non-hydrogen) atoms. The molecule has 6 heteroatoms. The van der Waals surface area contributed by atoms with Crippen molar-refractivity contribution in [3.8, 4) is 0 Å². The highest BCUT2D eigenvalue weighted by atomic mass is 19.1. The van der Waals surface area contributed by atoms with Gasteiger partial charge >= 0.3 is 5.97 Å². The second-order valence-electron chi connectivity index (χ2n) is 5.65. The van der Waals surface area contributed by atoms with Gasteiger partial charge in [-0.25, -0.2) is 13.6 Å². The average Bonchev–Trinajstić information content (AvgIpc) is 2.87. The molecule has 0 N–H and O–H groups in total. The van der Waals surface area contributed by atoms with Crippen LogP contribution in [0, 0.1) is 11.6 Å². The number of esters is 1. The van der Waals surface area contributed by atoms with Crippen LogP contribution >= 0.6 is 0 Å². The molecule has 1 amide bonds. The van der Waals surface area contributed by atoms with E-state index in [2.05, 4.69) is 0 Å². The zero-order valence-electron chi connectivity index (χ0n) is 14.1. The van der Waals surface area contributed by atoms with Crippen molar-refractivity contribution in [2.24, 2.45) is 0 Å². The molecule has 3 rings (SSSR count). The minimum absolute atomic E-state index is 0.0174. The largest absolute Gasteiger partial charge is 0.465 e. The van der Waals surface area contributed by atoms with Crippen LogP contribution in [-0.2, 0) is 14.3 Å². The Morgan fingerprint density at radius 1 is 1.08 bits per heavy atom. The molecule has 0 aliphatic carbocycles. The maximum atomic E-state index is 14.0. The number of anilines is 1. The summed E-state index contributed by atoms with van der Waals surface area (Å²) in [6.07, 6.45) is 1.32. The topological polar surface area (TPSA) is 46.6 Å². The average molecular weight is 355 g/mol. The Hall–Kier alpha value is -3.28. The van der Waals surface area contributed by atoms with E-state index in [9.17, 15) is 18.4 Å². The van der Waals surface area contributed by atoms with E-state index < -0.39 is 23.5 Å². The SMILES string of the molecule is COC(=O)C1=C(C)N(c2ccc(F)cc2)C(=O)/C1=C\c1ccccc1F. The van der Waals surface area contributed by atoms with E-state index in [1.807, 2.05) is 0 Å². The van der Waals surface area contributed by atoms with Gasteiger partial charge in [0.2, 0.25) is 0 Å². The predicted molar refractivity (Wildman–Crippen MR) is 93.0 cm³/mol. The highest BCUT2D eigenvalue weighted by molar-refractivity contribution is 6.23. The van der Waals surface area contributed by atoms with Gasteiger partial charge in [0.1, 0.15) is 11.6 Å². The molecule has 1 heterocycles. The lowest BCUT2D eigenvalue weighted by atomic mass is 10.0. The van der Waals surface area contributed by atoms with Crippen LogP contribution in [0.25, 0.3) is 6.08 Å². The van der Waals surface area contributed by atoms with Crippen LogP contribution in [0.5, 0.6) is 0 Å². The molecule has 1 aliphatic heterocycles. The van der Waals surface area contributed by atoms with Gasteiger partial charge in [0.15, 0.2) is 0 Å². The van der Waals surface area contributed by atoms with Gasteiger partial charge < -0.3 is 4.74 Å². The molecule has 132 valence electrons. The third kappa shape index (κ3) is 3.01. The summed E-state index contributed by atoms with van der Waals surface area (Å²) in [7, 11) is 1.20. The molecule has 0 spiro atoms. The van der Waals surface area contributed by atoms with Crippen LogP contribution in [0.15, 0.2) is 65.4 Å². The number of hydrogen-bond acceptors (Lipinski definition) is 3. The van der Waals surface area contributed by atoms with Gasteiger partial charge in [-0.1, -0.05) is 18.2 Å². The van der Waals surface area contributed by atoms with Crippen molar-refractivity contribution in [1.82, 2.24) is 0 Å². The Morgan fingerprint density at radius 3 is 2.35 bits per heavy atom. The van der Waals surface area contributed by atoms with E-state index in [0.717, 1.165) is 0 Å². The van der Waals surface area contributed by atoms with E-state index in [0.29, 0.717) is 11.4 Å². The summed E-state index contributed by atoms with van der Waals surface area (Å²) in [5, 5.41) is 0. The summed E-state index contributed by atoms with van der Waals surface area (Å²) in [6, 6.07) is 11.2. The van der Waals surface area contributed by atoms with E-state index >= 15 is 0 Å². The van der Waals surface area contributed by atoms with Crippen LogP contribution in [0.2, 0.25) is 0 Å². The quantitative estimate of drug-likeness (QED) is 0.621. The van der Waals surface area contributed by atoms with Gasteiger partial charge in [0.05, 0.1) is 18.3 Å². The van der Waals surface area contributed by atoms with E-state index in [1.54, 1.807) is 13.0 Å². The molecule has 2 aromatic carbocycles. The molecular weight excluding hydrogens is 340 g/mol. The lowest BCUT2D eigenvalue weighted by Crippen LogP contribution is -2.24. The summed E-state index contributed by atoms with van der Waals surface area (Å²) in [4.78, 5) is 26.4. The lowest BCUT2D eigenvalue weighted by Gasteiger charge is -2.17. The number of nitrogens with zero attached hydrogens (tertiary/aromatic N) is 1. The van der Waals surface area contributed by atoms with E-state index in [-0.39, 0.29) is 16.7 Å². The first-order chi connectivity index (χ1) is 12.4. The van der Waals surface area contributed by atoms with Crippen LogP contribution in [0.3, 0.4) is 0 Å². The van der Waals surface area contributed by atoms with Gasteiger partial charge in [-0.2, -0.15) is 0 Å². The van der Waals surface area contributed by atoms with Crippen LogP contribution in [0.4, 0.5) is 14.5 Å². The molecule has 0 unspecified atom stereocenters. The first-order valence-electron chi connectivity index (χ1n) is 7.80. The summed E-state index contributed by atoms with van der Waals surface area (Å²) >= 11 is 0. The standard InChI is InChI=1S/C20H15F2NO3/c1-12-18(20(25)26-2)16(11-13-5-3-4-6-17(13)22)19(24)23(12)15-9-7-14(21)8-10-15/h3-11H,1-2H3/b16-11-. The Morgan fingerprint density at radius 2 is 1.73 bits per heavy atom. The number of carbonyl (C=O) groups excluding carboxylic acids is 2. The number of carbonyl (C=O) groups is 2. The number of methoxy groups -OCH3 is 1. The number of rotatable bonds is 3. The highest BCUT2D eigenvalue weighted by Crippen LogP contribution is 2.35. The third-order valence-corrected chi connectivity index (χ3v) is 4.08. The highest BCUT2D eigenvalue weighted by Gasteiger charge is 2.38. The van der Waals surface area contributed by atoms with Crippen molar-refractivity contribution < 1.29 is 23.1 Å². The fourth-order valence-corrected chi connectivity index (χ4v) is 2.83. The maximum Gasteiger partial charge on any atom is 0.340 e. The van der Waals surface area contributed by atoms with Gasteiger partial charge in [0.25, 0.3) is 5.91 Å². The van der Waals surface area contributed by atoms with Crippen LogP contribution in [0.1, 0.15) is 12.5 Å².